The van der Waals surface area contributed by atoms with Crippen LogP contribution < -0.4 is 5.32 Å². The standard InChI is InChI=1S/C19H36N2O4/c1-14(2)7-10-19(6,24)13-20-16(22)15-8-11-21(12-9-15)17(23)25-18(3,4)5/h14-15,24H,7-13H2,1-6H3,(H,20,22). The third kappa shape index (κ3) is 8.56. The predicted octanol–water partition coefficient (Wildman–Crippen LogP) is 2.94. The molecule has 0 aromatic carbocycles. The third-order valence-corrected chi connectivity index (χ3v) is 4.42. The Hall–Kier alpha value is -1.30. The van der Waals surface area contributed by atoms with Crippen LogP contribution in [0.2, 0.25) is 0 Å². The van der Waals surface area contributed by atoms with Gasteiger partial charge >= 0.3 is 6.09 Å². The number of likely N-dealkylation sites (tertiary alicyclic amines) is 1. The SMILES string of the molecule is CC(C)CCC(C)(O)CNC(=O)C1CCN(C(=O)OC(C)(C)C)CC1. The van der Waals surface area contributed by atoms with Crippen molar-refractivity contribution in [2.45, 2.75) is 78.4 Å². The molecule has 0 aliphatic carbocycles. The fraction of sp³-hybridized carbons (Fsp3) is 0.895. The van der Waals surface area contributed by atoms with Gasteiger partial charge in [0.1, 0.15) is 5.60 Å². The van der Waals surface area contributed by atoms with Crippen molar-refractivity contribution in [3.05, 3.63) is 0 Å². The zero-order valence-electron chi connectivity index (χ0n) is 16.7. The van der Waals surface area contributed by atoms with Crippen LogP contribution in [-0.2, 0) is 9.53 Å². The summed E-state index contributed by atoms with van der Waals surface area (Å²) >= 11 is 0. The lowest BCUT2D eigenvalue weighted by Gasteiger charge is -2.33. The molecule has 146 valence electrons. The topological polar surface area (TPSA) is 78.9 Å². The molecule has 1 rings (SSSR count). The predicted molar refractivity (Wildman–Crippen MR) is 98.2 cm³/mol. The van der Waals surface area contributed by atoms with Gasteiger partial charge in [-0.25, -0.2) is 4.79 Å². The zero-order chi connectivity index (χ0) is 19.3. The second-order valence-electron chi connectivity index (χ2n) is 8.89. The van der Waals surface area contributed by atoms with E-state index in [1.807, 2.05) is 20.8 Å². The summed E-state index contributed by atoms with van der Waals surface area (Å²) < 4.78 is 5.36. The molecule has 2 amide bonds. The molecule has 0 radical (unpaired) electrons. The van der Waals surface area contributed by atoms with E-state index in [0.29, 0.717) is 38.3 Å². The molecule has 0 spiro atoms. The van der Waals surface area contributed by atoms with Crippen LogP contribution in [0.1, 0.15) is 67.2 Å². The number of hydrogen-bond donors (Lipinski definition) is 2. The normalized spacial score (nSPS) is 18.8. The highest BCUT2D eigenvalue weighted by atomic mass is 16.6. The molecule has 6 heteroatoms. The molecule has 0 aromatic heterocycles. The number of piperidine rings is 1. The van der Waals surface area contributed by atoms with E-state index in [1.165, 1.54) is 0 Å². The van der Waals surface area contributed by atoms with E-state index in [4.69, 9.17) is 4.74 Å². The second-order valence-corrected chi connectivity index (χ2v) is 8.89. The van der Waals surface area contributed by atoms with E-state index in [9.17, 15) is 14.7 Å². The molecule has 1 heterocycles. The maximum atomic E-state index is 12.3. The van der Waals surface area contributed by atoms with Crippen molar-refractivity contribution in [1.82, 2.24) is 10.2 Å². The van der Waals surface area contributed by atoms with E-state index in [1.54, 1.807) is 11.8 Å². The Morgan fingerprint density at radius 3 is 2.24 bits per heavy atom. The molecule has 0 saturated carbocycles. The average molecular weight is 357 g/mol. The Morgan fingerprint density at radius 1 is 1.20 bits per heavy atom. The quantitative estimate of drug-likeness (QED) is 0.767. The van der Waals surface area contributed by atoms with Crippen LogP contribution in [0.4, 0.5) is 4.79 Å². The molecule has 25 heavy (non-hydrogen) atoms. The molecule has 0 bridgehead atoms. The van der Waals surface area contributed by atoms with Gasteiger partial charge in [-0.2, -0.15) is 0 Å². The van der Waals surface area contributed by atoms with Crippen molar-refractivity contribution in [2.24, 2.45) is 11.8 Å². The number of carbonyl (C=O) groups excluding carboxylic acids is 2. The highest BCUT2D eigenvalue weighted by Gasteiger charge is 2.31. The van der Waals surface area contributed by atoms with Crippen LogP contribution in [0.5, 0.6) is 0 Å². The highest BCUT2D eigenvalue weighted by molar-refractivity contribution is 5.79. The lowest BCUT2D eigenvalue weighted by molar-refractivity contribution is -0.127. The van der Waals surface area contributed by atoms with Crippen LogP contribution in [0, 0.1) is 11.8 Å². The monoisotopic (exact) mass is 356 g/mol. The van der Waals surface area contributed by atoms with Crippen molar-refractivity contribution < 1.29 is 19.4 Å². The number of amides is 2. The number of ether oxygens (including phenoxy) is 1. The van der Waals surface area contributed by atoms with Gasteiger partial charge in [0.2, 0.25) is 5.91 Å². The van der Waals surface area contributed by atoms with Gasteiger partial charge in [0, 0.05) is 25.6 Å². The fourth-order valence-corrected chi connectivity index (χ4v) is 2.76. The Balaban J connectivity index is 2.37. The third-order valence-electron chi connectivity index (χ3n) is 4.42. The van der Waals surface area contributed by atoms with E-state index >= 15 is 0 Å². The summed E-state index contributed by atoms with van der Waals surface area (Å²) in [5, 5.41) is 13.2. The minimum atomic E-state index is -0.878. The van der Waals surface area contributed by atoms with E-state index in [-0.39, 0.29) is 24.5 Å². The summed E-state index contributed by atoms with van der Waals surface area (Å²) in [6.07, 6.45) is 2.53. The first-order valence-corrected chi connectivity index (χ1v) is 9.37. The maximum Gasteiger partial charge on any atom is 0.410 e. The Kier molecular flexibility index (Phi) is 7.72. The van der Waals surface area contributed by atoms with Gasteiger partial charge in [0.15, 0.2) is 0 Å². The maximum absolute atomic E-state index is 12.3. The van der Waals surface area contributed by atoms with E-state index in [0.717, 1.165) is 6.42 Å². The highest BCUT2D eigenvalue weighted by Crippen LogP contribution is 2.21. The minimum Gasteiger partial charge on any atom is -0.444 e. The van der Waals surface area contributed by atoms with E-state index < -0.39 is 11.2 Å². The summed E-state index contributed by atoms with van der Waals surface area (Å²) in [4.78, 5) is 26.0. The molecule has 1 fully saturated rings. The molecule has 1 saturated heterocycles. The first-order chi connectivity index (χ1) is 11.4. The Labute approximate surface area is 152 Å². The lowest BCUT2D eigenvalue weighted by atomic mass is 9.93. The average Bonchev–Trinajstić information content (AvgIpc) is 2.49. The van der Waals surface area contributed by atoms with Gasteiger partial charge in [-0.15, -0.1) is 0 Å². The summed E-state index contributed by atoms with van der Waals surface area (Å²) in [5.41, 5.74) is -1.38. The van der Waals surface area contributed by atoms with Crippen LogP contribution in [-0.4, -0.2) is 52.8 Å². The molecule has 1 aliphatic rings. The Morgan fingerprint density at radius 2 is 1.76 bits per heavy atom. The fourth-order valence-electron chi connectivity index (χ4n) is 2.76. The summed E-state index contributed by atoms with van der Waals surface area (Å²) in [5.74, 6) is 0.382. The molecule has 1 unspecified atom stereocenters. The molecule has 1 atom stereocenters. The number of carbonyl (C=O) groups is 2. The molecular weight excluding hydrogens is 320 g/mol. The molecule has 6 nitrogen and oxygen atoms in total. The van der Waals surface area contributed by atoms with Crippen LogP contribution in [0.3, 0.4) is 0 Å². The first-order valence-electron chi connectivity index (χ1n) is 9.37. The smallest absolute Gasteiger partial charge is 0.410 e. The molecular formula is C19H36N2O4. The van der Waals surface area contributed by atoms with Gasteiger partial charge in [-0.1, -0.05) is 13.8 Å². The number of nitrogens with zero attached hydrogens (tertiary/aromatic N) is 1. The van der Waals surface area contributed by atoms with Crippen molar-refractivity contribution in [3.63, 3.8) is 0 Å². The second kappa shape index (κ2) is 8.88. The Bertz CT molecular complexity index is 447. The van der Waals surface area contributed by atoms with Gasteiger partial charge < -0.3 is 20.1 Å². The van der Waals surface area contributed by atoms with Crippen molar-refractivity contribution in [3.8, 4) is 0 Å². The largest absolute Gasteiger partial charge is 0.444 e. The summed E-state index contributed by atoms with van der Waals surface area (Å²) in [6, 6.07) is 0. The number of aliphatic hydroxyl groups is 1. The van der Waals surface area contributed by atoms with Gasteiger partial charge in [0.25, 0.3) is 0 Å². The van der Waals surface area contributed by atoms with Crippen molar-refractivity contribution >= 4 is 12.0 Å². The minimum absolute atomic E-state index is 0.0336. The summed E-state index contributed by atoms with van der Waals surface area (Å²) in [6.45, 7) is 12.8. The van der Waals surface area contributed by atoms with Crippen LogP contribution >= 0.6 is 0 Å². The van der Waals surface area contributed by atoms with Crippen molar-refractivity contribution in [1.29, 1.82) is 0 Å². The lowest BCUT2D eigenvalue weighted by Crippen LogP contribution is -2.47. The summed E-state index contributed by atoms with van der Waals surface area (Å²) in [7, 11) is 0. The number of hydrogen-bond acceptors (Lipinski definition) is 4. The molecule has 0 aromatic rings. The molecule has 2 N–H and O–H groups in total. The van der Waals surface area contributed by atoms with E-state index in [2.05, 4.69) is 19.2 Å². The zero-order valence-corrected chi connectivity index (χ0v) is 16.7. The van der Waals surface area contributed by atoms with Gasteiger partial charge in [-0.05, 0) is 59.3 Å². The van der Waals surface area contributed by atoms with Crippen molar-refractivity contribution in [2.75, 3.05) is 19.6 Å². The first kappa shape index (κ1) is 21.7. The number of rotatable bonds is 6. The molecule has 1 aliphatic heterocycles. The van der Waals surface area contributed by atoms with Crippen LogP contribution in [0.25, 0.3) is 0 Å². The van der Waals surface area contributed by atoms with Gasteiger partial charge in [-0.3, -0.25) is 4.79 Å². The van der Waals surface area contributed by atoms with Crippen LogP contribution in [0.15, 0.2) is 0 Å². The van der Waals surface area contributed by atoms with Gasteiger partial charge in [0.05, 0.1) is 5.60 Å². The number of nitrogens with one attached hydrogen (secondary N) is 1.